The molecule has 0 aliphatic carbocycles. The highest BCUT2D eigenvalue weighted by Crippen LogP contribution is 2.29. The first-order valence-corrected chi connectivity index (χ1v) is 8.03. The van der Waals surface area contributed by atoms with Crippen molar-refractivity contribution in [1.82, 2.24) is 10.2 Å². The van der Waals surface area contributed by atoms with Gasteiger partial charge >= 0.3 is 0 Å². The molecule has 4 nitrogen and oxygen atoms in total. The van der Waals surface area contributed by atoms with Crippen molar-refractivity contribution < 1.29 is 9.47 Å². The lowest BCUT2D eigenvalue weighted by atomic mass is 10.0. The average molecular weight is 292 g/mol. The Morgan fingerprint density at radius 1 is 1.19 bits per heavy atom. The molecule has 4 heteroatoms. The van der Waals surface area contributed by atoms with Crippen molar-refractivity contribution in [2.45, 2.75) is 32.7 Å². The van der Waals surface area contributed by atoms with Crippen LogP contribution in [0.2, 0.25) is 0 Å². The number of hydrogen-bond donors (Lipinski definition) is 1. The summed E-state index contributed by atoms with van der Waals surface area (Å²) in [7, 11) is 1.69. The zero-order valence-electron chi connectivity index (χ0n) is 13.5. The smallest absolute Gasteiger partial charge is 0.161 e. The first kappa shape index (κ1) is 16.1. The van der Waals surface area contributed by atoms with Crippen LogP contribution in [0.3, 0.4) is 0 Å². The highest BCUT2D eigenvalue weighted by molar-refractivity contribution is 5.43. The summed E-state index contributed by atoms with van der Waals surface area (Å²) in [5.74, 6) is 1.67. The van der Waals surface area contributed by atoms with Crippen molar-refractivity contribution >= 4 is 0 Å². The molecule has 1 aliphatic rings. The molecule has 0 bridgehead atoms. The molecule has 0 aromatic heterocycles. The van der Waals surface area contributed by atoms with Gasteiger partial charge in [0, 0.05) is 32.2 Å². The minimum Gasteiger partial charge on any atom is -0.493 e. The van der Waals surface area contributed by atoms with Crippen molar-refractivity contribution in [1.29, 1.82) is 0 Å². The minimum atomic E-state index is 0.606. The summed E-state index contributed by atoms with van der Waals surface area (Å²) in [5.41, 5.74) is 1.32. The number of piperazine rings is 1. The molecular weight excluding hydrogens is 264 g/mol. The fraction of sp³-hybridized carbons (Fsp3) is 0.647. The van der Waals surface area contributed by atoms with Gasteiger partial charge in [0.25, 0.3) is 0 Å². The summed E-state index contributed by atoms with van der Waals surface area (Å²) in [6.45, 7) is 9.43. The van der Waals surface area contributed by atoms with Crippen molar-refractivity contribution in [2.24, 2.45) is 0 Å². The average Bonchev–Trinajstić information content (AvgIpc) is 2.54. The molecule has 1 aliphatic heterocycles. The summed E-state index contributed by atoms with van der Waals surface area (Å²) < 4.78 is 11.0. The van der Waals surface area contributed by atoms with E-state index in [1.54, 1.807) is 7.11 Å². The normalized spacial score (nSPS) is 17.5. The van der Waals surface area contributed by atoms with Crippen molar-refractivity contribution in [3.63, 3.8) is 0 Å². The number of methoxy groups -OCH3 is 1. The van der Waals surface area contributed by atoms with E-state index in [4.69, 9.17) is 9.47 Å². The highest BCUT2D eigenvalue weighted by Gasteiger charge is 2.19. The SMILES string of the molecule is CCOc1cc(CC(CC)N2CCNCC2)ccc1OC. The monoisotopic (exact) mass is 292 g/mol. The van der Waals surface area contributed by atoms with E-state index in [1.807, 2.05) is 13.0 Å². The summed E-state index contributed by atoms with van der Waals surface area (Å²) in [6, 6.07) is 6.92. The molecule has 21 heavy (non-hydrogen) atoms. The summed E-state index contributed by atoms with van der Waals surface area (Å²) >= 11 is 0. The van der Waals surface area contributed by atoms with Gasteiger partial charge in [-0.15, -0.1) is 0 Å². The minimum absolute atomic E-state index is 0.606. The number of nitrogens with one attached hydrogen (secondary N) is 1. The van der Waals surface area contributed by atoms with Crippen LogP contribution in [0.25, 0.3) is 0 Å². The maximum Gasteiger partial charge on any atom is 0.161 e. The van der Waals surface area contributed by atoms with Crippen molar-refractivity contribution in [2.75, 3.05) is 39.9 Å². The molecule has 1 aromatic carbocycles. The lowest BCUT2D eigenvalue weighted by Crippen LogP contribution is -2.48. The summed E-state index contributed by atoms with van der Waals surface area (Å²) in [4.78, 5) is 2.60. The molecule has 2 rings (SSSR count). The van der Waals surface area contributed by atoms with Crippen LogP contribution in [0, 0.1) is 0 Å². The Kier molecular flexibility index (Phi) is 6.33. The van der Waals surface area contributed by atoms with E-state index in [0.717, 1.165) is 44.1 Å². The van der Waals surface area contributed by atoms with E-state index in [9.17, 15) is 0 Å². The first-order valence-electron chi connectivity index (χ1n) is 8.03. The quantitative estimate of drug-likeness (QED) is 0.836. The predicted molar refractivity (Wildman–Crippen MR) is 86.4 cm³/mol. The van der Waals surface area contributed by atoms with Crippen LogP contribution in [-0.4, -0.2) is 50.8 Å². The molecular formula is C17H28N2O2. The van der Waals surface area contributed by atoms with Crippen LogP contribution in [0.15, 0.2) is 18.2 Å². The number of nitrogens with zero attached hydrogens (tertiary/aromatic N) is 1. The molecule has 0 spiro atoms. The van der Waals surface area contributed by atoms with Crippen LogP contribution in [0.1, 0.15) is 25.8 Å². The van der Waals surface area contributed by atoms with Gasteiger partial charge < -0.3 is 14.8 Å². The van der Waals surface area contributed by atoms with Gasteiger partial charge in [0.1, 0.15) is 0 Å². The van der Waals surface area contributed by atoms with Crippen LogP contribution < -0.4 is 14.8 Å². The van der Waals surface area contributed by atoms with Gasteiger partial charge in [-0.3, -0.25) is 4.90 Å². The highest BCUT2D eigenvalue weighted by atomic mass is 16.5. The number of ether oxygens (including phenoxy) is 2. The Morgan fingerprint density at radius 3 is 2.57 bits per heavy atom. The molecule has 1 N–H and O–H groups in total. The zero-order valence-corrected chi connectivity index (χ0v) is 13.5. The summed E-state index contributed by atoms with van der Waals surface area (Å²) in [5, 5.41) is 3.42. The predicted octanol–water partition coefficient (Wildman–Crippen LogP) is 2.32. The fourth-order valence-corrected chi connectivity index (χ4v) is 2.97. The van der Waals surface area contributed by atoms with E-state index in [2.05, 4.69) is 29.3 Å². The van der Waals surface area contributed by atoms with E-state index in [1.165, 1.54) is 12.0 Å². The second-order valence-corrected chi connectivity index (χ2v) is 5.47. The number of rotatable bonds is 7. The van der Waals surface area contributed by atoms with Crippen LogP contribution in [0.5, 0.6) is 11.5 Å². The lowest BCUT2D eigenvalue weighted by Gasteiger charge is -2.34. The van der Waals surface area contributed by atoms with E-state index < -0.39 is 0 Å². The topological polar surface area (TPSA) is 33.7 Å². The third kappa shape index (κ3) is 4.35. The van der Waals surface area contributed by atoms with Crippen molar-refractivity contribution in [3.8, 4) is 11.5 Å². The molecule has 1 atom stereocenters. The second kappa shape index (κ2) is 8.25. The van der Waals surface area contributed by atoms with E-state index in [-0.39, 0.29) is 0 Å². The third-order valence-corrected chi connectivity index (χ3v) is 4.14. The first-order chi connectivity index (χ1) is 10.3. The number of hydrogen-bond acceptors (Lipinski definition) is 4. The standard InChI is InChI=1S/C17H28N2O2/c1-4-15(19-10-8-18-9-11-19)12-14-6-7-16(20-3)17(13-14)21-5-2/h6-7,13,15,18H,4-5,8-12H2,1-3H3. The Hall–Kier alpha value is -1.26. The van der Waals surface area contributed by atoms with Gasteiger partial charge in [-0.05, 0) is 37.5 Å². The maximum atomic E-state index is 5.68. The van der Waals surface area contributed by atoms with Gasteiger partial charge in [0.2, 0.25) is 0 Å². The number of benzene rings is 1. The molecule has 1 saturated heterocycles. The maximum absolute atomic E-state index is 5.68. The van der Waals surface area contributed by atoms with Gasteiger partial charge in [0.05, 0.1) is 13.7 Å². The van der Waals surface area contributed by atoms with Crippen molar-refractivity contribution in [3.05, 3.63) is 23.8 Å². The molecule has 0 amide bonds. The largest absolute Gasteiger partial charge is 0.493 e. The van der Waals surface area contributed by atoms with Gasteiger partial charge in [-0.2, -0.15) is 0 Å². The Morgan fingerprint density at radius 2 is 1.95 bits per heavy atom. The molecule has 118 valence electrons. The lowest BCUT2D eigenvalue weighted by molar-refractivity contribution is 0.167. The summed E-state index contributed by atoms with van der Waals surface area (Å²) in [6.07, 6.45) is 2.25. The van der Waals surface area contributed by atoms with Gasteiger partial charge in [-0.1, -0.05) is 13.0 Å². The third-order valence-electron chi connectivity index (χ3n) is 4.14. The fourth-order valence-electron chi connectivity index (χ4n) is 2.97. The van der Waals surface area contributed by atoms with Crippen LogP contribution in [-0.2, 0) is 6.42 Å². The molecule has 1 fully saturated rings. The Balaban J connectivity index is 2.07. The van der Waals surface area contributed by atoms with Crippen LogP contribution >= 0.6 is 0 Å². The molecule has 1 heterocycles. The molecule has 0 radical (unpaired) electrons. The second-order valence-electron chi connectivity index (χ2n) is 5.47. The molecule has 1 aromatic rings. The Labute approximate surface area is 128 Å². The zero-order chi connectivity index (χ0) is 15.1. The Bertz CT molecular complexity index is 431. The molecule has 1 unspecified atom stereocenters. The van der Waals surface area contributed by atoms with E-state index in [0.29, 0.717) is 12.6 Å². The van der Waals surface area contributed by atoms with Gasteiger partial charge in [-0.25, -0.2) is 0 Å². The van der Waals surface area contributed by atoms with E-state index >= 15 is 0 Å². The van der Waals surface area contributed by atoms with Gasteiger partial charge in [0.15, 0.2) is 11.5 Å². The molecule has 0 saturated carbocycles. The van der Waals surface area contributed by atoms with Crippen LogP contribution in [0.4, 0.5) is 0 Å².